The van der Waals surface area contributed by atoms with Crippen molar-refractivity contribution in [2.24, 2.45) is 34.5 Å². The molecule has 0 aromatic heterocycles. The van der Waals surface area contributed by atoms with Gasteiger partial charge in [0.15, 0.2) is 17.7 Å². The highest BCUT2D eigenvalue weighted by molar-refractivity contribution is 5.91. The standard InChI is InChI=1S/C24H34O5/c1-22-10-8-15(25)12-14(22)4-5-16-17-6-7-20(23(17,2)11-9-18(16)22)24(3)28-13-19(29-24)21(26)27/h12,16-20H,4-11,13H2,1-3H3,(H,26,27)/t16-,17-,18-,19?,20-,22-,23-,24?/m0/s1. The second-order valence-corrected chi connectivity index (χ2v) is 10.9. The number of hydrogen-bond acceptors (Lipinski definition) is 4. The molecule has 1 heterocycles. The first-order valence-electron chi connectivity index (χ1n) is 11.5. The Bertz CT molecular complexity index is 773. The minimum Gasteiger partial charge on any atom is -0.479 e. The average molecular weight is 403 g/mol. The Balaban J connectivity index is 1.41. The topological polar surface area (TPSA) is 72.8 Å². The molecule has 1 saturated heterocycles. The summed E-state index contributed by atoms with van der Waals surface area (Å²) in [6, 6.07) is 0. The van der Waals surface area contributed by atoms with E-state index in [0.717, 1.165) is 25.7 Å². The fourth-order valence-electron chi connectivity index (χ4n) is 8.32. The molecule has 5 heteroatoms. The predicted octanol–water partition coefficient (Wildman–Crippen LogP) is 4.35. The van der Waals surface area contributed by atoms with E-state index in [4.69, 9.17) is 9.47 Å². The Morgan fingerprint density at radius 1 is 1.07 bits per heavy atom. The second-order valence-electron chi connectivity index (χ2n) is 10.9. The van der Waals surface area contributed by atoms with E-state index in [9.17, 15) is 14.7 Å². The van der Waals surface area contributed by atoms with Gasteiger partial charge in [0, 0.05) is 12.3 Å². The molecule has 0 aromatic carbocycles. The maximum Gasteiger partial charge on any atom is 0.335 e. The molecule has 160 valence electrons. The number of ketones is 1. The number of carboxylic acid groups (broad SMARTS) is 1. The molecule has 1 aliphatic heterocycles. The third-order valence-corrected chi connectivity index (χ3v) is 9.77. The molecule has 5 rings (SSSR count). The van der Waals surface area contributed by atoms with E-state index in [-0.39, 0.29) is 23.4 Å². The van der Waals surface area contributed by atoms with Gasteiger partial charge in [-0.3, -0.25) is 4.79 Å². The van der Waals surface area contributed by atoms with Crippen LogP contribution in [0.25, 0.3) is 0 Å². The summed E-state index contributed by atoms with van der Waals surface area (Å²) in [6.07, 6.45) is 9.63. The number of fused-ring (bicyclic) bond motifs is 5. The van der Waals surface area contributed by atoms with Crippen LogP contribution in [0.4, 0.5) is 0 Å². The van der Waals surface area contributed by atoms with Crippen LogP contribution in [0, 0.1) is 34.5 Å². The number of allylic oxidation sites excluding steroid dienone is 1. The SMILES string of the molecule is CC1([C@H]2CC[C@H]3[C@@H]4CCC5=CC(=O)CC[C@]5(C)[C@H]4CC[C@]23C)OCC(C(=O)O)O1. The van der Waals surface area contributed by atoms with E-state index in [1.807, 2.05) is 13.0 Å². The zero-order valence-electron chi connectivity index (χ0n) is 17.9. The number of rotatable bonds is 2. The van der Waals surface area contributed by atoms with Crippen molar-refractivity contribution in [2.45, 2.75) is 84.0 Å². The highest BCUT2D eigenvalue weighted by Crippen LogP contribution is 2.68. The molecule has 4 aliphatic carbocycles. The molecule has 29 heavy (non-hydrogen) atoms. The van der Waals surface area contributed by atoms with Gasteiger partial charge >= 0.3 is 5.97 Å². The van der Waals surface area contributed by atoms with Crippen LogP contribution in [0.1, 0.15) is 72.1 Å². The fourth-order valence-corrected chi connectivity index (χ4v) is 8.32. The van der Waals surface area contributed by atoms with E-state index in [2.05, 4.69) is 13.8 Å². The van der Waals surface area contributed by atoms with E-state index in [1.54, 1.807) is 0 Å². The van der Waals surface area contributed by atoms with Crippen molar-refractivity contribution in [2.75, 3.05) is 6.61 Å². The lowest BCUT2D eigenvalue weighted by Gasteiger charge is -2.58. The summed E-state index contributed by atoms with van der Waals surface area (Å²) in [7, 11) is 0. The molecule has 5 nitrogen and oxygen atoms in total. The Labute approximate surface area is 173 Å². The van der Waals surface area contributed by atoms with Crippen LogP contribution in [0.15, 0.2) is 11.6 Å². The van der Waals surface area contributed by atoms with Crippen molar-refractivity contribution >= 4 is 11.8 Å². The minimum absolute atomic E-state index is 0.130. The van der Waals surface area contributed by atoms with Crippen LogP contribution in [-0.2, 0) is 19.1 Å². The molecule has 0 bridgehead atoms. The van der Waals surface area contributed by atoms with Gasteiger partial charge < -0.3 is 14.6 Å². The van der Waals surface area contributed by atoms with Crippen LogP contribution >= 0.6 is 0 Å². The average Bonchev–Trinajstić information content (AvgIpc) is 3.23. The normalized spacial score (nSPS) is 51.8. The number of carbonyl (C=O) groups excluding carboxylic acids is 1. The summed E-state index contributed by atoms with van der Waals surface area (Å²) in [4.78, 5) is 23.4. The number of aliphatic carboxylic acids is 1. The van der Waals surface area contributed by atoms with E-state index in [0.29, 0.717) is 30.0 Å². The van der Waals surface area contributed by atoms with Gasteiger partial charge in [0.05, 0.1) is 6.61 Å². The molecule has 0 amide bonds. The molecule has 4 fully saturated rings. The van der Waals surface area contributed by atoms with Gasteiger partial charge in [-0.1, -0.05) is 19.4 Å². The lowest BCUT2D eigenvalue weighted by Crippen LogP contribution is -2.53. The van der Waals surface area contributed by atoms with Crippen molar-refractivity contribution in [3.8, 4) is 0 Å². The van der Waals surface area contributed by atoms with Gasteiger partial charge in [-0.05, 0) is 86.5 Å². The second kappa shape index (κ2) is 6.40. The van der Waals surface area contributed by atoms with Gasteiger partial charge in [-0.25, -0.2) is 4.79 Å². The van der Waals surface area contributed by atoms with Crippen molar-refractivity contribution in [1.29, 1.82) is 0 Å². The Kier molecular flexibility index (Phi) is 4.36. The Morgan fingerprint density at radius 3 is 2.59 bits per heavy atom. The number of ether oxygens (including phenoxy) is 2. The van der Waals surface area contributed by atoms with Crippen LogP contribution in [0.3, 0.4) is 0 Å². The van der Waals surface area contributed by atoms with Gasteiger partial charge in [0.1, 0.15) is 0 Å². The summed E-state index contributed by atoms with van der Waals surface area (Å²) >= 11 is 0. The Hall–Kier alpha value is -1.20. The minimum atomic E-state index is -0.927. The lowest BCUT2D eigenvalue weighted by molar-refractivity contribution is -0.224. The third-order valence-electron chi connectivity index (χ3n) is 9.77. The highest BCUT2D eigenvalue weighted by atomic mass is 16.8. The maximum atomic E-state index is 12.0. The van der Waals surface area contributed by atoms with Gasteiger partial charge in [0.25, 0.3) is 0 Å². The predicted molar refractivity (Wildman–Crippen MR) is 107 cm³/mol. The van der Waals surface area contributed by atoms with Gasteiger partial charge in [-0.15, -0.1) is 0 Å². The molecule has 2 unspecified atom stereocenters. The van der Waals surface area contributed by atoms with E-state index >= 15 is 0 Å². The first-order valence-corrected chi connectivity index (χ1v) is 11.5. The van der Waals surface area contributed by atoms with Gasteiger partial charge in [-0.2, -0.15) is 0 Å². The molecule has 3 saturated carbocycles. The Morgan fingerprint density at radius 2 is 1.86 bits per heavy atom. The van der Waals surface area contributed by atoms with Crippen molar-refractivity contribution < 1.29 is 24.2 Å². The van der Waals surface area contributed by atoms with Crippen LogP contribution < -0.4 is 0 Å². The zero-order chi connectivity index (χ0) is 20.6. The summed E-state index contributed by atoms with van der Waals surface area (Å²) < 4.78 is 12.0. The fraction of sp³-hybridized carbons (Fsp3) is 0.833. The molecule has 1 N–H and O–H groups in total. The number of hydrogen-bond donors (Lipinski definition) is 1. The molecule has 5 aliphatic rings. The number of carboxylic acids is 1. The monoisotopic (exact) mass is 402 g/mol. The van der Waals surface area contributed by atoms with Crippen LogP contribution in [0.2, 0.25) is 0 Å². The molecule has 0 spiro atoms. The lowest BCUT2D eigenvalue weighted by atomic mass is 9.46. The van der Waals surface area contributed by atoms with Crippen LogP contribution in [0.5, 0.6) is 0 Å². The quantitative estimate of drug-likeness (QED) is 0.743. The van der Waals surface area contributed by atoms with Crippen LogP contribution in [-0.4, -0.2) is 35.4 Å². The third kappa shape index (κ3) is 2.72. The zero-order valence-corrected chi connectivity index (χ0v) is 17.9. The molecular formula is C24H34O5. The smallest absolute Gasteiger partial charge is 0.335 e. The molecule has 0 aromatic rings. The molecular weight excluding hydrogens is 368 g/mol. The van der Waals surface area contributed by atoms with E-state index in [1.165, 1.54) is 24.8 Å². The van der Waals surface area contributed by atoms with Gasteiger partial charge in [0.2, 0.25) is 0 Å². The van der Waals surface area contributed by atoms with Crippen molar-refractivity contribution in [3.05, 3.63) is 11.6 Å². The first kappa shape index (κ1) is 19.7. The first-order chi connectivity index (χ1) is 13.7. The summed E-state index contributed by atoms with van der Waals surface area (Å²) in [5.41, 5.74) is 1.73. The highest BCUT2D eigenvalue weighted by Gasteiger charge is 2.63. The molecule has 0 radical (unpaired) electrons. The summed E-state index contributed by atoms with van der Waals surface area (Å²) in [6.45, 7) is 6.94. The van der Waals surface area contributed by atoms with Crippen molar-refractivity contribution in [3.63, 3.8) is 0 Å². The summed E-state index contributed by atoms with van der Waals surface area (Å²) in [5, 5.41) is 9.36. The molecule has 8 atom stereocenters. The van der Waals surface area contributed by atoms with E-state index < -0.39 is 17.9 Å². The largest absolute Gasteiger partial charge is 0.479 e. The maximum absolute atomic E-state index is 12.0. The number of carbonyl (C=O) groups is 2. The van der Waals surface area contributed by atoms with Crippen molar-refractivity contribution in [1.82, 2.24) is 0 Å². The summed E-state index contributed by atoms with van der Waals surface area (Å²) in [5.74, 6) is 0.822.